The smallest absolute Gasteiger partial charge is 0.336 e. The Morgan fingerprint density at radius 1 is 1.32 bits per heavy atom. The Kier molecular flexibility index (Phi) is 5.11. The lowest BCUT2D eigenvalue weighted by atomic mass is 10.2. The Hall–Kier alpha value is -0.920. The molecule has 1 fully saturated rings. The number of nitrogens with one attached hydrogen (secondary N) is 1. The van der Waals surface area contributed by atoms with Gasteiger partial charge in [-0.05, 0) is 25.8 Å². The molecule has 8 heteroatoms. The molecule has 1 heterocycles. The number of hydrogen-bond acceptors (Lipinski definition) is 2. The standard InChI is InChI=1S/C11H17F5N2O/c1-2-6-18(7-8-4-3-5-17-8)9(19)10(12,13)11(14,15)16/h8,17H,2-7H2,1H3. The van der Waals surface area contributed by atoms with Crippen LogP contribution in [-0.4, -0.2) is 48.6 Å². The average molecular weight is 288 g/mol. The molecule has 1 N–H and O–H groups in total. The molecule has 1 atom stereocenters. The highest BCUT2D eigenvalue weighted by molar-refractivity contribution is 5.84. The minimum absolute atomic E-state index is 0.108. The Morgan fingerprint density at radius 3 is 2.37 bits per heavy atom. The summed E-state index contributed by atoms with van der Waals surface area (Å²) in [6, 6.07) is -0.209. The summed E-state index contributed by atoms with van der Waals surface area (Å²) < 4.78 is 62.6. The van der Waals surface area contributed by atoms with Crippen molar-refractivity contribution in [1.29, 1.82) is 0 Å². The van der Waals surface area contributed by atoms with Crippen molar-refractivity contribution in [1.82, 2.24) is 10.2 Å². The van der Waals surface area contributed by atoms with E-state index in [0.717, 1.165) is 6.42 Å². The van der Waals surface area contributed by atoms with Gasteiger partial charge in [-0.15, -0.1) is 0 Å². The quantitative estimate of drug-likeness (QED) is 0.786. The van der Waals surface area contributed by atoms with Crippen molar-refractivity contribution < 1.29 is 26.7 Å². The van der Waals surface area contributed by atoms with Gasteiger partial charge in [0.2, 0.25) is 0 Å². The van der Waals surface area contributed by atoms with Crippen molar-refractivity contribution in [2.75, 3.05) is 19.6 Å². The molecule has 0 aromatic rings. The molecule has 1 unspecified atom stereocenters. The zero-order valence-electron chi connectivity index (χ0n) is 10.6. The summed E-state index contributed by atoms with van der Waals surface area (Å²) in [4.78, 5) is 12.0. The van der Waals surface area contributed by atoms with E-state index in [9.17, 15) is 26.7 Å². The van der Waals surface area contributed by atoms with Crippen molar-refractivity contribution >= 4 is 5.91 Å². The molecule has 0 spiro atoms. The first kappa shape index (κ1) is 16.1. The first-order valence-electron chi connectivity index (χ1n) is 6.17. The molecule has 0 aromatic carbocycles. The first-order valence-corrected chi connectivity index (χ1v) is 6.17. The minimum Gasteiger partial charge on any atom is -0.336 e. The van der Waals surface area contributed by atoms with E-state index in [2.05, 4.69) is 5.32 Å². The molecule has 112 valence electrons. The minimum atomic E-state index is -5.85. The maximum absolute atomic E-state index is 13.0. The molecule has 0 radical (unpaired) electrons. The van der Waals surface area contributed by atoms with Crippen LogP contribution >= 0.6 is 0 Å². The number of rotatable bonds is 5. The molecule has 19 heavy (non-hydrogen) atoms. The molecule has 0 aromatic heterocycles. The van der Waals surface area contributed by atoms with Gasteiger partial charge in [0.15, 0.2) is 0 Å². The van der Waals surface area contributed by atoms with E-state index < -0.39 is 18.0 Å². The molecular weight excluding hydrogens is 271 g/mol. The number of nitrogens with zero attached hydrogens (tertiary/aromatic N) is 1. The predicted octanol–water partition coefficient (Wildman–Crippen LogP) is 2.17. The van der Waals surface area contributed by atoms with E-state index in [0.29, 0.717) is 24.3 Å². The summed E-state index contributed by atoms with van der Waals surface area (Å²) >= 11 is 0. The van der Waals surface area contributed by atoms with Gasteiger partial charge in [0.05, 0.1) is 0 Å². The Labute approximate surface area is 108 Å². The maximum atomic E-state index is 13.0. The van der Waals surface area contributed by atoms with Crippen molar-refractivity contribution in [2.24, 2.45) is 0 Å². The summed E-state index contributed by atoms with van der Waals surface area (Å²) in [7, 11) is 0. The lowest BCUT2D eigenvalue weighted by Gasteiger charge is -2.29. The molecule has 0 aliphatic carbocycles. The van der Waals surface area contributed by atoms with Crippen LogP contribution in [0.4, 0.5) is 22.0 Å². The van der Waals surface area contributed by atoms with Crippen molar-refractivity contribution in [3.8, 4) is 0 Å². The molecule has 1 aliphatic heterocycles. The fraction of sp³-hybridized carbons (Fsp3) is 0.909. The Morgan fingerprint density at radius 2 is 1.95 bits per heavy atom. The van der Waals surface area contributed by atoms with Gasteiger partial charge in [0, 0.05) is 19.1 Å². The highest BCUT2D eigenvalue weighted by atomic mass is 19.4. The van der Waals surface area contributed by atoms with E-state index in [4.69, 9.17) is 0 Å². The third kappa shape index (κ3) is 3.77. The summed E-state index contributed by atoms with van der Waals surface area (Å²) in [5.74, 6) is -7.48. The van der Waals surface area contributed by atoms with Crippen LogP contribution < -0.4 is 5.32 Å². The van der Waals surface area contributed by atoms with Crippen LogP contribution in [-0.2, 0) is 4.79 Å². The second-order valence-corrected chi connectivity index (χ2v) is 4.62. The van der Waals surface area contributed by atoms with Crippen molar-refractivity contribution in [2.45, 2.75) is 44.3 Å². The fourth-order valence-corrected chi connectivity index (χ4v) is 2.04. The number of amides is 1. The van der Waals surface area contributed by atoms with E-state index >= 15 is 0 Å². The van der Waals surface area contributed by atoms with Crippen LogP contribution in [0, 0.1) is 0 Å². The molecular formula is C11H17F5N2O. The van der Waals surface area contributed by atoms with Gasteiger partial charge in [0.1, 0.15) is 0 Å². The second-order valence-electron chi connectivity index (χ2n) is 4.62. The number of alkyl halides is 5. The number of carbonyl (C=O) groups is 1. The summed E-state index contributed by atoms with van der Waals surface area (Å²) in [5, 5.41) is 2.97. The Bertz CT molecular complexity index is 313. The summed E-state index contributed by atoms with van der Waals surface area (Å²) in [6.45, 7) is 2.09. The highest BCUT2D eigenvalue weighted by Crippen LogP contribution is 2.37. The number of halogens is 5. The zero-order chi connectivity index (χ0) is 14.7. The van der Waals surface area contributed by atoms with E-state index in [1.54, 1.807) is 6.92 Å². The summed E-state index contributed by atoms with van der Waals surface area (Å²) in [5.41, 5.74) is 0. The lowest BCUT2D eigenvalue weighted by molar-refractivity contribution is -0.274. The van der Waals surface area contributed by atoms with E-state index in [1.807, 2.05) is 0 Å². The number of carbonyl (C=O) groups excluding carboxylic acids is 1. The monoisotopic (exact) mass is 288 g/mol. The van der Waals surface area contributed by atoms with Gasteiger partial charge in [-0.2, -0.15) is 22.0 Å². The van der Waals surface area contributed by atoms with Crippen LogP contribution in [0.5, 0.6) is 0 Å². The molecule has 1 aliphatic rings. The predicted molar refractivity (Wildman–Crippen MR) is 58.9 cm³/mol. The molecule has 0 saturated carbocycles. The topological polar surface area (TPSA) is 32.3 Å². The van der Waals surface area contributed by atoms with Gasteiger partial charge in [-0.25, -0.2) is 0 Å². The third-order valence-electron chi connectivity index (χ3n) is 3.01. The molecule has 1 saturated heterocycles. The highest BCUT2D eigenvalue weighted by Gasteiger charge is 2.64. The van der Waals surface area contributed by atoms with Crippen LogP contribution in [0.15, 0.2) is 0 Å². The summed E-state index contributed by atoms with van der Waals surface area (Å²) in [6.07, 6.45) is -4.02. The van der Waals surface area contributed by atoms with Crippen LogP contribution in [0.25, 0.3) is 0 Å². The van der Waals surface area contributed by atoms with Gasteiger partial charge < -0.3 is 10.2 Å². The molecule has 3 nitrogen and oxygen atoms in total. The van der Waals surface area contributed by atoms with Crippen LogP contribution in [0.1, 0.15) is 26.2 Å². The van der Waals surface area contributed by atoms with Gasteiger partial charge in [0.25, 0.3) is 0 Å². The molecule has 1 amide bonds. The van der Waals surface area contributed by atoms with Gasteiger partial charge in [-0.3, -0.25) is 4.79 Å². The first-order chi connectivity index (χ1) is 8.70. The van der Waals surface area contributed by atoms with Crippen LogP contribution in [0.2, 0.25) is 0 Å². The number of hydrogen-bond donors (Lipinski definition) is 1. The van der Waals surface area contributed by atoms with E-state index in [-0.39, 0.29) is 19.1 Å². The molecule has 1 rings (SSSR count). The average Bonchev–Trinajstić information content (AvgIpc) is 2.78. The largest absolute Gasteiger partial charge is 0.463 e. The van der Waals surface area contributed by atoms with Gasteiger partial charge in [-0.1, -0.05) is 6.92 Å². The Balaban J connectivity index is 2.76. The van der Waals surface area contributed by atoms with E-state index in [1.165, 1.54) is 0 Å². The maximum Gasteiger partial charge on any atom is 0.463 e. The fourth-order valence-electron chi connectivity index (χ4n) is 2.04. The van der Waals surface area contributed by atoms with Crippen LogP contribution in [0.3, 0.4) is 0 Å². The SMILES string of the molecule is CCCN(CC1CCCN1)C(=O)C(F)(F)C(F)(F)F. The molecule has 0 bridgehead atoms. The normalized spacial score (nSPS) is 20.6. The third-order valence-corrected chi connectivity index (χ3v) is 3.01. The lowest BCUT2D eigenvalue weighted by Crippen LogP contribution is -2.54. The zero-order valence-corrected chi connectivity index (χ0v) is 10.6. The second kappa shape index (κ2) is 6.02. The van der Waals surface area contributed by atoms with Crippen molar-refractivity contribution in [3.63, 3.8) is 0 Å². The van der Waals surface area contributed by atoms with Crippen molar-refractivity contribution in [3.05, 3.63) is 0 Å². The van der Waals surface area contributed by atoms with Gasteiger partial charge >= 0.3 is 18.0 Å².